The third-order valence-corrected chi connectivity index (χ3v) is 3.11. The van der Waals surface area contributed by atoms with Crippen LogP contribution in [0.5, 0.6) is 17.4 Å². The van der Waals surface area contributed by atoms with Gasteiger partial charge >= 0.3 is 0 Å². The highest BCUT2D eigenvalue weighted by atomic mass is 16.5. The number of aromatic amines is 1. The van der Waals surface area contributed by atoms with Crippen LogP contribution in [0, 0.1) is 0 Å². The first-order valence-electron chi connectivity index (χ1n) is 6.52. The predicted molar refractivity (Wildman–Crippen MR) is 78.5 cm³/mol. The second-order valence-electron chi connectivity index (χ2n) is 4.43. The second kappa shape index (κ2) is 5.28. The van der Waals surface area contributed by atoms with E-state index < -0.39 is 0 Å². The highest BCUT2D eigenvalue weighted by molar-refractivity contribution is 5.77. The maximum atomic E-state index is 5.82. The van der Waals surface area contributed by atoms with Crippen molar-refractivity contribution in [3.8, 4) is 17.4 Å². The number of rotatable bonds is 4. The molecule has 0 aliphatic carbocycles. The van der Waals surface area contributed by atoms with E-state index in [1.165, 1.54) is 6.33 Å². The number of benzene rings is 1. The Morgan fingerprint density at radius 1 is 1.24 bits per heavy atom. The fraction of sp³-hybridized carbons (Fsp3) is 0.214. The Morgan fingerprint density at radius 3 is 2.86 bits per heavy atom. The van der Waals surface area contributed by atoms with E-state index in [0.717, 1.165) is 12.0 Å². The van der Waals surface area contributed by atoms with Gasteiger partial charge in [0.15, 0.2) is 17.1 Å². The molecule has 3 N–H and O–H groups in total. The van der Waals surface area contributed by atoms with Crippen molar-refractivity contribution in [1.82, 2.24) is 19.9 Å². The van der Waals surface area contributed by atoms with Crippen LogP contribution in [0.25, 0.3) is 11.2 Å². The highest BCUT2D eigenvalue weighted by Crippen LogP contribution is 2.33. The molecule has 0 bridgehead atoms. The molecule has 0 aliphatic rings. The van der Waals surface area contributed by atoms with E-state index in [1.807, 2.05) is 18.2 Å². The molecule has 0 fully saturated rings. The maximum Gasteiger partial charge on any atom is 0.250 e. The van der Waals surface area contributed by atoms with Crippen LogP contribution in [0.3, 0.4) is 0 Å². The van der Waals surface area contributed by atoms with Crippen LogP contribution >= 0.6 is 0 Å². The summed E-state index contributed by atoms with van der Waals surface area (Å²) in [5.41, 5.74) is 7.88. The molecule has 2 heterocycles. The maximum absolute atomic E-state index is 5.82. The number of fused-ring (bicyclic) bond motifs is 1. The van der Waals surface area contributed by atoms with Gasteiger partial charge < -0.3 is 20.2 Å². The number of hydrogen-bond donors (Lipinski definition) is 2. The third-order valence-electron chi connectivity index (χ3n) is 3.11. The largest absolute Gasteiger partial charge is 0.493 e. The van der Waals surface area contributed by atoms with Crippen LogP contribution < -0.4 is 15.2 Å². The summed E-state index contributed by atoms with van der Waals surface area (Å²) in [6, 6.07) is 5.76. The number of methoxy groups -OCH3 is 1. The SMILES string of the molecule is CCc1ccc(Oc2nc(N)nc3nc[nH]c23)c(OC)c1. The molecule has 3 rings (SSSR count). The predicted octanol–water partition coefficient (Wildman–Crippen LogP) is 2.30. The number of nitrogen functional groups attached to an aromatic ring is 1. The van der Waals surface area contributed by atoms with Crippen molar-refractivity contribution in [2.75, 3.05) is 12.8 Å². The van der Waals surface area contributed by atoms with E-state index in [-0.39, 0.29) is 5.95 Å². The summed E-state index contributed by atoms with van der Waals surface area (Å²) in [6.45, 7) is 2.08. The minimum Gasteiger partial charge on any atom is -0.493 e. The Labute approximate surface area is 121 Å². The van der Waals surface area contributed by atoms with E-state index in [9.17, 15) is 0 Å². The number of nitrogens with zero attached hydrogens (tertiary/aromatic N) is 3. The van der Waals surface area contributed by atoms with Gasteiger partial charge in [-0.3, -0.25) is 0 Å². The monoisotopic (exact) mass is 285 g/mol. The fourth-order valence-corrected chi connectivity index (χ4v) is 2.02. The number of aryl methyl sites for hydroxylation is 1. The van der Waals surface area contributed by atoms with Crippen molar-refractivity contribution in [2.45, 2.75) is 13.3 Å². The van der Waals surface area contributed by atoms with Crippen molar-refractivity contribution in [2.24, 2.45) is 0 Å². The molecule has 0 saturated heterocycles. The number of nitrogens with one attached hydrogen (secondary N) is 1. The molecule has 3 aromatic rings. The van der Waals surface area contributed by atoms with E-state index in [0.29, 0.717) is 28.5 Å². The van der Waals surface area contributed by atoms with Crippen molar-refractivity contribution in [3.05, 3.63) is 30.1 Å². The molecule has 7 nitrogen and oxygen atoms in total. The number of H-pyrrole nitrogens is 1. The molecule has 0 unspecified atom stereocenters. The van der Waals surface area contributed by atoms with Crippen molar-refractivity contribution >= 4 is 17.1 Å². The first-order valence-corrected chi connectivity index (χ1v) is 6.52. The van der Waals surface area contributed by atoms with Gasteiger partial charge in [-0.25, -0.2) is 4.98 Å². The van der Waals surface area contributed by atoms with Gasteiger partial charge in [-0.15, -0.1) is 0 Å². The molecule has 7 heteroatoms. The molecule has 0 aliphatic heterocycles. The first kappa shape index (κ1) is 13.2. The molecule has 0 saturated carbocycles. The minimum atomic E-state index is 0.105. The average molecular weight is 285 g/mol. The summed E-state index contributed by atoms with van der Waals surface area (Å²) in [6.07, 6.45) is 2.44. The zero-order chi connectivity index (χ0) is 14.8. The summed E-state index contributed by atoms with van der Waals surface area (Å²) >= 11 is 0. The van der Waals surface area contributed by atoms with Gasteiger partial charge in [0.1, 0.15) is 5.52 Å². The van der Waals surface area contributed by atoms with Crippen molar-refractivity contribution < 1.29 is 9.47 Å². The van der Waals surface area contributed by atoms with E-state index >= 15 is 0 Å². The topological polar surface area (TPSA) is 98.9 Å². The van der Waals surface area contributed by atoms with Gasteiger partial charge in [-0.1, -0.05) is 13.0 Å². The highest BCUT2D eigenvalue weighted by Gasteiger charge is 2.13. The Kier molecular flexibility index (Phi) is 3.31. The molecule has 0 spiro atoms. The zero-order valence-electron chi connectivity index (χ0n) is 11.8. The Morgan fingerprint density at radius 2 is 2.10 bits per heavy atom. The van der Waals surface area contributed by atoms with Crippen LogP contribution in [-0.2, 0) is 6.42 Å². The lowest BCUT2D eigenvalue weighted by molar-refractivity contribution is 0.375. The number of nitrogens with two attached hydrogens (primary N) is 1. The van der Waals surface area contributed by atoms with Gasteiger partial charge in [0, 0.05) is 0 Å². The summed E-state index contributed by atoms with van der Waals surface area (Å²) in [5.74, 6) is 1.62. The fourth-order valence-electron chi connectivity index (χ4n) is 2.02. The molecule has 1 aromatic carbocycles. The smallest absolute Gasteiger partial charge is 0.250 e. The van der Waals surface area contributed by atoms with Crippen LogP contribution in [0.1, 0.15) is 12.5 Å². The van der Waals surface area contributed by atoms with Gasteiger partial charge in [0.25, 0.3) is 5.88 Å². The number of hydrogen-bond acceptors (Lipinski definition) is 6. The van der Waals surface area contributed by atoms with Gasteiger partial charge in [0.2, 0.25) is 5.95 Å². The van der Waals surface area contributed by atoms with Crippen molar-refractivity contribution in [3.63, 3.8) is 0 Å². The lowest BCUT2D eigenvalue weighted by Crippen LogP contribution is -1.99. The van der Waals surface area contributed by atoms with Crippen molar-refractivity contribution in [1.29, 1.82) is 0 Å². The molecule has 0 atom stereocenters. The number of aromatic nitrogens is 4. The summed E-state index contributed by atoms with van der Waals surface area (Å²) < 4.78 is 11.2. The Bertz CT molecular complexity index is 784. The standard InChI is InChI=1S/C14H15N5O2/c1-3-8-4-5-9(10(6-8)20-2)21-13-11-12(17-7-16-11)18-14(15)19-13/h4-7H,3H2,1-2H3,(H3,15,16,17,18,19). The van der Waals surface area contributed by atoms with E-state index in [2.05, 4.69) is 26.9 Å². The summed E-state index contributed by atoms with van der Waals surface area (Å²) in [4.78, 5) is 15.1. The van der Waals surface area contributed by atoms with Crippen LogP contribution in [-0.4, -0.2) is 27.0 Å². The molecule has 0 radical (unpaired) electrons. The zero-order valence-corrected chi connectivity index (χ0v) is 11.8. The number of ether oxygens (including phenoxy) is 2. The summed E-state index contributed by atoms with van der Waals surface area (Å²) in [5, 5.41) is 0. The summed E-state index contributed by atoms with van der Waals surface area (Å²) in [7, 11) is 1.60. The van der Waals surface area contributed by atoms with Crippen LogP contribution in [0.15, 0.2) is 24.5 Å². The Balaban J connectivity index is 2.04. The normalized spacial score (nSPS) is 10.8. The van der Waals surface area contributed by atoms with Gasteiger partial charge in [-0.2, -0.15) is 9.97 Å². The lowest BCUT2D eigenvalue weighted by atomic mass is 10.1. The third kappa shape index (κ3) is 2.45. The molecule has 21 heavy (non-hydrogen) atoms. The number of anilines is 1. The molecular weight excluding hydrogens is 270 g/mol. The lowest BCUT2D eigenvalue weighted by Gasteiger charge is -2.11. The Hall–Kier alpha value is -2.83. The first-order chi connectivity index (χ1) is 10.2. The molecule has 2 aromatic heterocycles. The van der Waals surface area contributed by atoms with Gasteiger partial charge in [-0.05, 0) is 24.1 Å². The van der Waals surface area contributed by atoms with Gasteiger partial charge in [0.05, 0.1) is 13.4 Å². The second-order valence-corrected chi connectivity index (χ2v) is 4.43. The van der Waals surface area contributed by atoms with Crippen LogP contribution in [0.2, 0.25) is 0 Å². The van der Waals surface area contributed by atoms with Crippen LogP contribution in [0.4, 0.5) is 5.95 Å². The quantitative estimate of drug-likeness (QED) is 0.763. The average Bonchev–Trinajstić information content (AvgIpc) is 2.96. The van der Waals surface area contributed by atoms with E-state index in [1.54, 1.807) is 7.11 Å². The molecular formula is C14H15N5O2. The molecule has 108 valence electrons. The minimum absolute atomic E-state index is 0.105. The number of imidazole rings is 1. The van der Waals surface area contributed by atoms with E-state index in [4.69, 9.17) is 15.2 Å². The molecule has 0 amide bonds.